The molecule has 1 aliphatic rings. The molecule has 4 heteroatoms. The van der Waals surface area contributed by atoms with Crippen LogP contribution in [0.2, 0.25) is 0 Å². The van der Waals surface area contributed by atoms with Crippen LogP contribution in [0.5, 0.6) is 11.5 Å². The summed E-state index contributed by atoms with van der Waals surface area (Å²) in [5.41, 5.74) is 5.91. The minimum absolute atomic E-state index is 0.00955. The molecule has 0 amide bonds. The molecule has 3 atom stereocenters. The maximum Gasteiger partial charge on any atom is 0.161 e. The molecule has 0 bridgehead atoms. The standard InChI is InChI=1S/C14H21NO3/c1-3-16-11-7-5-6-8-12(11)18-13-9-10(15)14(13)17-4-2/h5-8,10,13-14H,3-4,9,15H2,1-2H3. The fourth-order valence-electron chi connectivity index (χ4n) is 2.14. The fraction of sp³-hybridized carbons (Fsp3) is 0.571. The SMILES string of the molecule is CCOc1ccccc1OC1CC(N)C1OCC. The molecule has 0 aliphatic heterocycles. The Hall–Kier alpha value is -1.26. The van der Waals surface area contributed by atoms with Crippen molar-refractivity contribution in [1.29, 1.82) is 0 Å². The Balaban J connectivity index is 2.01. The van der Waals surface area contributed by atoms with Crippen LogP contribution in [0.1, 0.15) is 20.3 Å². The molecule has 0 radical (unpaired) electrons. The Bertz CT molecular complexity index is 383. The predicted molar refractivity (Wildman–Crippen MR) is 70.0 cm³/mol. The highest BCUT2D eigenvalue weighted by atomic mass is 16.6. The highest BCUT2D eigenvalue weighted by Crippen LogP contribution is 2.33. The van der Waals surface area contributed by atoms with Gasteiger partial charge in [-0.15, -0.1) is 0 Å². The van der Waals surface area contributed by atoms with Crippen LogP contribution < -0.4 is 15.2 Å². The lowest BCUT2D eigenvalue weighted by atomic mass is 9.86. The van der Waals surface area contributed by atoms with E-state index >= 15 is 0 Å². The third-order valence-corrected chi connectivity index (χ3v) is 3.08. The summed E-state index contributed by atoms with van der Waals surface area (Å²) in [7, 11) is 0. The van der Waals surface area contributed by atoms with Crippen LogP contribution in [-0.4, -0.2) is 31.5 Å². The molecular weight excluding hydrogens is 230 g/mol. The van der Waals surface area contributed by atoms with Gasteiger partial charge in [0.25, 0.3) is 0 Å². The van der Waals surface area contributed by atoms with E-state index in [2.05, 4.69) is 0 Å². The molecule has 2 rings (SSSR count). The third kappa shape index (κ3) is 2.76. The van der Waals surface area contributed by atoms with Crippen molar-refractivity contribution in [2.45, 2.75) is 38.5 Å². The molecule has 18 heavy (non-hydrogen) atoms. The van der Waals surface area contributed by atoms with E-state index in [0.717, 1.165) is 17.9 Å². The first-order valence-electron chi connectivity index (χ1n) is 6.52. The van der Waals surface area contributed by atoms with Gasteiger partial charge < -0.3 is 19.9 Å². The van der Waals surface area contributed by atoms with Gasteiger partial charge in [-0.3, -0.25) is 0 Å². The van der Waals surface area contributed by atoms with Crippen molar-refractivity contribution in [2.24, 2.45) is 5.73 Å². The fourth-order valence-corrected chi connectivity index (χ4v) is 2.14. The van der Waals surface area contributed by atoms with Gasteiger partial charge in [0.05, 0.1) is 6.61 Å². The summed E-state index contributed by atoms with van der Waals surface area (Å²) in [6, 6.07) is 7.77. The maximum atomic E-state index is 5.94. The van der Waals surface area contributed by atoms with E-state index < -0.39 is 0 Å². The van der Waals surface area contributed by atoms with E-state index in [0.29, 0.717) is 13.2 Å². The molecule has 3 unspecified atom stereocenters. The molecule has 1 aromatic rings. The Morgan fingerprint density at radius 1 is 1.17 bits per heavy atom. The van der Waals surface area contributed by atoms with Crippen LogP contribution >= 0.6 is 0 Å². The summed E-state index contributed by atoms with van der Waals surface area (Å²) in [4.78, 5) is 0. The Morgan fingerprint density at radius 2 is 1.89 bits per heavy atom. The lowest BCUT2D eigenvalue weighted by molar-refractivity contribution is -0.0951. The second-order valence-electron chi connectivity index (χ2n) is 4.36. The van der Waals surface area contributed by atoms with Crippen molar-refractivity contribution < 1.29 is 14.2 Å². The van der Waals surface area contributed by atoms with Crippen LogP contribution in [0.15, 0.2) is 24.3 Å². The van der Waals surface area contributed by atoms with Gasteiger partial charge in [-0.05, 0) is 26.0 Å². The zero-order valence-electron chi connectivity index (χ0n) is 11.0. The summed E-state index contributed by atoms with van der Waals surface area (Å²) in [5.74, 6) is 1.54. The minimum atomic E-state index is -0.00955. The third-order valence-electron chi connectivity index (χ3n) is 3.08. The molecule has 4 nitrogen and oxygen atoms in total. The summed E-state index contributed by atoms with van der Waals surface area (Å²) < 4.78 is 17.1. The monoisotopic (exact) mass is 251 g/mol. The number of benzene rings is 1. The zero-order chi connectivity index (χ0) is 13.0. The van der Waals surface area contributed by atoms with Crippen LogP contribution in [0.25, 0.3) is 0 Å². The molecule has 2 N–H and O–H groups in total. The lowest BCUT2D eigenvalue weighted by Gasteiger charge is -2.41. The summed E-state index contributed by atoms with van der Waals surface area (Å²) in [5, 5.41) is 0. The van der Waals surface area contributed by atoms with Gasteiger partial charge in [-0.1, -0.05) is 12.1 Å². The summed E-state index contributed by atoms with van der Waals surface area (Å²) in [6.07, 6.45) is 0.844. The first kappa shape index (κ1) is 13.2. The van der Waals surface area contributed by atoms with Gasteiger partial charge in [0.2, 0.25) is 0 Å². The highest BCUT2D eigenvalue weighted by Gasteiger charge is 2.41. The van der Waals surface area contributed by atoms with Crippen LogP contribution in [-0.2, 0) is 4.74 Å². The minimum Gasteiger partial charge on any atom is -0.490 e. The molecule has 0 heterocycles. The summed E-state index contributed by atoms with van der Waals surface area (Å²) >= 11 is 0. The molecule has 1 fully saturated rings. The Labute approximate surface area is 108 Å². The van der Waals surface area contributed by atoms with E-state index in [4.69, 9.17) is 19.9 Å². The van der Waals surface area contributed by atoms with E-state index in [9.17, 15) is 0 Å². The number of ether oxygens (including phenoxy) is 3. The quantitative estimate of drug-likeness (QED) is 0.840. The van der Waals surface area contributed by atoms with E-state index in [1.807, 2.05) is 38.1 Å². The largest absolute Gasteiger partial charge is 0.490 e. The first-order valence-corrected chi connectivity index (χ1v) is 6.52. The molecule has 1 aromatic carbocycles. The lowest BCUT2D eigenvalue weighted by Crippen LogP contribution is -2.59. The van der Waals surface area contributed by atoms with Gasteiger partial charge in [-0.2, -0.15) is 0 Å². The Kier molecular flexibility index (Phi) is 4.44. The van der Waals surface area contributed by atoms with Gasteiger partial charge in [0, 0.05) is 19.1 Å². The maximum absolute atomic E-state index is 5.94. The van der Waals surface area contributed by atoms with Crippen molar-refractivity contribution in [2.75, 3.05) is 13.2 Å². The van der Waals surface area contributed by atoms with Crippen molar-refractivity contribution in [3.05, 3.63) is 24.3 Å². The average Bonchev–Trinajstić information content (AvgIpc) is 2.38. The number of hydrogen-bond acceptors (Lipinski definition) is 4. The molecular formula is C14H21NO3. The normalized spacial score (nSPS) is 26.5. The van der Waals surface area contributed by atoms with Gasteiger partial charge >= 0.3 is 0 Å². The molecule has 0 spiro atoms. The van der Waals surface area contributed by atoms with Gasteiger partial charge in [-0.25, -0.2) is 0 Å². The average molecular weight is 251 g/mol. The molecule has 0 aromatic heterocycles. The number of para-hydroxylation sites is 2. The van der Waals surface area contributed by atoms with Crippen molar-refractivity contribution in [3.8, 4) is 11.5 Å². The Morgan fingerprint density at radius 3 is 2.50 bits per heavy atom. The molecule has 100 valence electrons. The smallest absolute Gasteiger partial charge is 0.161 e. The topological polar surface area (TPSA) is 53.7 Å². The summed E-state index contributed by atoms with van der Waals surface area (Å²) in [6.45, 7) is 5.21. The van der Waals surface area contributed by atoms with Crippen LogP contribution in [0, 0.1) is 0 Å². The van der Waals surface area contributed by atoms with E-state index in [1.54, 1.807) is 0 Å². The predicted octanol–water partition coefficient (Wildman–Crippen LogP) is 1.97. The number of nitrogens with two attached hydrogens (primary N) is 1. The highest BCUT2D eigenvalue weighted by molar-refractivity contribution is 5.39. The number of hydrogen-bond donors (Lipinski definition) is 1. The first-order chi connectivity index (χ1) is 8.76. The second-order valence-corrected chi connectivity index (χ2v) is 4.36. The van der Waals surface area contributed by atoms with Crippen LogP contribution in [0.4, 0.5) is 0 Å². The van der Waals surface area contributed by atoms with Gasteiger partial charge in [0.15, 0.2) is 11.5 Å². The molecule has 1 saturated carbocycles. The van der Waals surface area contributed by atoms with Crippen molar-refractivity contribution >= 4 is 0 Å². The zero-order valence-corrected chi connectivity index (χ0v) is 11.0. The van der Waals surface area contributed by atoms with Crippen LogP contribution in [0.3, 0.4) is 0 Å². The molecule has 1 aliphatic carbocycles. The second kappa shape index (κ2) is 6.07. The van der Waals surface area contributed by atoms with E-state index in [-0.39, 0.29) is 18.2 Å². The molecule has 0 saturated heterocycles. The van der Waals surface area contributed by atoms with Crippen molar-refractivity contribution in [3.63, 3.8) is 0 Å². The number of rotatable bonds is 6. The van der Waals surface area contributed by atoms with E-state index in [1.165, 1.54) is 0 Å². The van der Waals surface area contributed by atoms with Gasteiger partial charge in [0.1, 0.15) is 12.2 Å². The van der Waals surface area contributed by atoms with Crippen molar-refractivity contribution in [1.82, 2.24) is 0 Å².